The van der Waals surface area contributed by atoms with Gasteiger partial charge in [0.25, 0.3) is 0 Å². The maximum atomic E-state index is 13.7. The van der Waals surface area contributed by atoms with Gasteiger partial charge in [0.05, 0.1) is 12.4 Å². The van der Waals surface area contributed by atoms with Crippen LogP contribution < -0.4 is 0 Å². The molecule has 0 saturated heterocycles. The number of nitrogens with zero attached hydrogens (tertiary/aromatic N) is 2. The molecule has 0 aliphatic rings. The van der Waals surface area contributed by atoms with Crippen LogP contribution in [0, 0.1) is 5.82 Å². The van der Waals surface area contributed by atoms with E-state index in [0.717, 1.165) is 23.1 Å². The maximum Gasteiger partial charge on any atom is 0.127 e. The Hall–Kier alpha value is -2.29. The van der Waals surface area contributed by atoms with Gasteiger partial charge in [-0.2, -0.15) is 10.2 Å². The zero-order valence-corrected chi connectivity index (χ0v) is 15.9. The van der Waals surface area contributed by atoms with Gasteiger partial charge in [0.1, 0.15) is 5.82 Å². The van der Waals surface area contributed by atoms with Gasteiger partial charge >= 0.3 is 0 Å². The molecule has 0 aliphatic carbocycles. The summed E-state index contributed by atoms with van der Waals surface area (Å²) in [6, 6.07) is 13.6. The van der Waals surface area contributed by atoms with Crippen molar-refractivity contribution in [2.75, 3.05) is 0 Å². The van der Waals surface area contributed by atoms with Crippen LogP contribution in [0.5, 0.6) is 0 Å². The zero-order chi connectivity index (χ0) is 18.6. The summed E-state index contributed by atoms with van der Waals surface area (Å²) in [6.45, 7) is 4.18. The Morgan fingerprint density at radius 3 is 2.12 bits per heavy atom. The zero-order valence-electron chi connectivity index (χ0n) is 15.9. The third-order valence-corrected chi connectivity index (χ3v) is 4.49. The lowest BCUT2D eigenvalue weighted by atomic mass is 10.0. The fourth-order valence-corrected chi connectivity index (χ4v) is 2.83. The number of benzene rings is 2. The van der Waals surface area contributed by atoms with Gasteiger partial charge < -0.3 is 0 Å². The van der Waals surface area contributed by atoms with E-state index in [4.69, 9.17) is 0 Å². The Kier molecular flexibility index (Phi) is 8.74. The SMILES string of the molecule is CCCCCCCc1ccc(C=NN=Cc2ccc(CC)c(F)c2)cc1. The molecule has 0 aromatic heterocycles. The normalized spacial score (nSPS) is 11.7. The monoisotopic (exact) mass is 352 g/mol. The van der Waals surface area contributed by atoms with Crippen LogP contribution in [-0.2, 0) is 12.8 Å². The molecule has 2 aromatic carbocycles. The Bertz CT molecular complexity index is 717. The van der Waals surface area contributed by atoms with E-state index in [1.165, 1.54) is 43.7 Å². The Balaban J connectivity index is 1.81. The molecule has 2 rings (SSSR count). The number of rotatable bonds is 10. The summed E-state index contributed by atoms with van der Waals surface area (Å²) in [7, 11) is 0. The first-order valence-corrected chi connectivity index (χ1v) is 9.66. The number of unbranched alkanes of at least 4 members (excludes halogenated alkanes) is 4. The third kappa shape index (κ3) is 6.91. The van der Waals surface area contributed by atoms with Gasteiger partial charge in [0, 0.05) is 0 Å². The van der Waals surface area contributed by atoms with Crippen molar-refractivity contribution in [2.45, 2.75) is 58.8 Å². The van der Waals surface area contributed by atoms with E-state index in [1.54, 1.807) is 18.5 Å². The molecular formula is C23H29FN2. The molecular weight excluding hydrogens is 323 g/mol. The molecule has 0 saturated carbocycles. The molecule has 0 spiro atoms. The largest absolute Gasteiger partial charge is 0.207 e. The molecule has 0 fully saturated rings. The number of hydrogen-bond acceptors (Lipinski definition) is 2. The second-order valence-corrected chi connectivity index (χ2v) is 6.60. The van der Waals surface area contributed by atoms with Crippen LogP contribution in [0.3, 0.4) is 0 Å². The Labute approximate surface area is 156 Å². The van der Waals surface area contributed by atoms with E-state index in [1.807, 2.05) is 13.0 Å². The molecule has 0 heterocycles. The van der Waals surface area contributed by atoms with E-state index in [9.17, 15) is 4.39 Å². The van der Waals surface area contributed by atoms with Crippen LogP contribution in [0.25, 0.3) is 0 Å². The van der Waals surface area contributed by atoms with E-state index in [0.29, 0.717) is 6.42 Å². The topological polar surface area (TPSA) is 24.7 Å². The van der Waals surface area contributed by atoms with Crippen LogP contribution >= 0.6 is 0 Å². The minimum absolute atomic E-state index is 0.189. The van der Waals surface area contributed by atoms with E-state index < -0.39 is 0 Å². The van der Waals surface area contributed by atoms with Crippen molar-refractivity contribution in [1.29, 1.82) is 0 Å². The molecule has 0 unspecified atom stereocenters. The summed E-state index contributed by atoms with van der Waals surface area (Å²) in [5.41, 5.74) is 3.82. The second-order valence-electron chi connectivity index (χ2n) is 6.60. The highest BCUT2D eigenvalue weighted by Gasteiger charge is 1.99. The molecule has 0 amide bonds. The molecule has 2 nitrogen and oxygen atoms in total. The summed E-state index contributed by atoms with van der Waals surface area (Å²) in [4.78, 5) is 0. The van der Waals surface area contributed by atoms with Gasteiger partial charge in [-0.15, -0.1) is 0 Å². The van der Waals surface area contributed by atoms with Crippen molar-refractivity contribution in [1.82, 2.24) is 0 Å². The van der Waals surface area contributed by atoms with Gasteiger partial charge in [-0.25, -0.2) is 4.39 Å². The number of aryl methyl sites for hydroxylation is 2. The first-order valence-electron chi connectivity index (χ1n) is 9.66. The second kappa shape index (κ2) is 11.3. The predicted molar refractivity (Wildman–Crippen MR) is 110 cm³/mol. The molecule has 0 aliphatic heterocycles. The first-order chi connectivity index (χ1) is 12.7. The lowest BCUT2D eigenvalue weighted by Gasteiger charge is -2.02. The van der Waals surface area contributed by atoms with Gasteiger partial charge in [0.15, 0.2) is 0 Å². The van der Waals surface area contributed by atoms with Crippen LogP contribution in [0.4, 0.5) is 4.39 Å². The van der Waals surface area contributed by atoms with Gasteiger partial charge in [-0.05, 0) is 47.6 Å². The van der Waals surface area contributed by atoms with E-state index >= 15 is 0 Å². The molecule has 26 heavy (non-hydrogen) atoms. The summed E-state index contributed by atoms with van der Waals surface area (Å²) < 4.78 is 13.7. The maximum absolute atomic E-state index is 13.7. The van der Waals surface area contributed by atoms with Crippen LogP contribution in [0.1, 0.15) is 68.2 Å². The van der Waals surface area contributed by atoms with Crippen molar-refractivity contribution in [3.8, 4) is 0 Å². The average Bonchev–Trinajstić information content (AvgIpc) is 2.66. The van der Waals surface area contributed by atoms with E-state index in [-0.39, 0.29) is 5.82 Å². The molecule has 0 atom stereocenters. The first kappa shape index (κ1) is 20.0. The number of hydrogen-bond donors (Lipinski definition) is 0. The molecule has 0 N–H and O–H groups in total. The van der Waals surface area contributed by atoms with Crippen LogP contribution in [0.2, 0.25) is 0 Å². The lowest BCUT2D eigenvalue weighted by molar-refractivity contribution is 0.612. The minimum atomic E-state index is -0.189. The van der Waals surface area contributed by atoms with Crippen LogP contribution in [0.15, 0.2) is 52.7 Å². The average molecular weight is 352 g/mol. The quantitative estimate of drug-likeness (QED) is 0.270. The standard InChI is InChI=1S/C23H29FN2/c1-3-5-6-7-8-9-19-10-12-20(13-11-19)17-25-26-18-21-14-15-22(4-2)23(24)16-21/h10-18H,3-9H2,1-2H3. The Morgan fingerprint density at radius 1 is 0.808 bits per heavy atom. The minimum Gasteiger partial charge on any atom is -0.207 e. The van der Waals surface area contributed by atoms with Crippen molar-refractivity contribution < 1.29 is 4.39 Å². The van der Waals surface area contributed by atoms with Crippen molar-refractivity contribution >= 4 is 12.4 Å². The van der Waals surface area contributed by atoms with Crippen molar-refractivity contribution in [2.24, 2.45) is 10.2 Å². The Morgan fingerprint density at radius 2 is 1.46 bits per heavy atom. The van der Waals surface area contributed by atoms with Gasteiger partial charge in [-0.1, -0.05) is 75.9 Å². The number of halogens is 1. The fraction of sp³-hybridized carbons (Fsp3) is 0.391. The highest BCUT2D eigenvalue weighted by atomic mass is 19.1. The predicted octanol–water partition coefficient (Wildman–Crippen LogP) is 6.35. The highest BCUT2D eigenvalue weighted by Crippen LogP contribution is 2.11. The third-order valence-electron chi connectivity index (χ3n) is 4.49. The summed E-state index contributed by atoms with van der Waals surface area (Å²) >= 11 is 0. The molecule has 3 heteroatoms. The molecule has 138 valence electrons. The molecule has 0 radical (unpaired) electrons. The van der Waals surface area contributed by atoms with Gasteiger partial charge in [-0.3, -0.25) is 0 Å². The lowest BCUT2D eigenvalue weighted by Crippen LogP contribution is -1.90. The fourth-order valence-electron chi connectivity index (χ4n) is 2.83. The summed E-state index contributed by atoms with van der Waals surface area (Å²) in [5.74, 6) is -0.189. The van der Waals surface area contributed by atoms with Gasteiger partial charge in [0.2, 0.25) is 0 Å². The highest BCUT2D eigenvalue weighted by molar-refractivity contribution is 5.82. The van der Waals surface area contributed by atoms with Crippen molar-refractivity contribution in [3.63, 3.8) is 0 Å². The molecule has 0 bridgehead atoms. The summed E-state index contributed by atoms with van der Waals surface area (Å²) in [5, 5.41) is 8.07. The smallest absolute Gasteiger partial charge is 0.127 e. The van der Waals surface area contributed by atoms with Crippen molar-refractivity contribution in [3.05, 3.63) is 70.5 Å². The van der Waals surface area contributed by atoms with Crippen LogP contribution in [-0.4, -0.2) is 12.4 Å². The van der Waals surface area contributed by atoms with E-state index in [2.05, 4.69) is 41.4 Å². The summed E-state index contributed by atoms with van der Waals surface area (Å²) in [6.07, 6.45) is 11.7. The molecule has 2 aromatic rings.